The first-order chi connectivity index (χ1) is 11.8. The second kappa shape index (κ2) is 5.99. The van der Waals surface area contributed by atoms with Crippen molar-refractivity contribution in [1.82, 2.24) is 4.98 Å². The van der Waals surface area contributed by atoms with E-state index in [1.165, 1.54) is 29.3 Å². The monoisotopic (exact) mass is 372 g/mol. The zero-order chi connectivity index (χ0) is 18.4. The highest BCUT2D eigenvalue weighted by molar-refractivity contribution is 7.81. The average Bonchev–Trinajstić information content (AvgIpc) is 2.74. The van der Waals surface area contributed by atoms with Gasteiger partial charge in [-0.3, -0.25) is 9.69 Å². The lowest BCUT2D eigenvalue weighted by atomic mass is 10.0. The van der Waals surface area contributed by atoms with Crippen LogP contribution in [0.2, 0.25) is 5.02 Å². The number of carbonyl (C=O) groups is 1. The molecule has 0 atom stereocenters. The highest BCUT2D eigenvalue weighted by Crippen LogP contribution is 2.37. The number of hydrogen-bond acceptors (Lipinski definition) is 5. The molecule has 0 aliphatic carbocycles. The molecule has 1 fully saturated rings. The van der Waals surface area contributed by atoms with Crippen molar-refractivity contribution in [3.8, 4) is 11.8 Å². The Labute approximate surface area is 154 Å². The SMILES string of the molecule is CC1(C)C(=O)N(c2cnc(C#N)c(Cl)c2)C(=S)N1c1ccc(O)cc1. The summed E-state index contributed by atoms with van der Waals surface area (Å²) in [6.07, 6.45) is 1.39. The van der Waals surface area contributed by atoms with Gasteiger partial charge in [-0.1, -0.05) is 11.6 Å². The van der Waals surface area contributed by atoms with Crippen LogP contribution in [-0.4, -0.2) is 26.6 Å². The molecule has 1 aromatic carbocycles. The Hall–Kier alpha value is -2.69. The summed E-state index contributed by atoms with van der Waals surface area (Å²) in [6.45, 7) is 3.51. The maximum Gasteiger partial charge on any atom is 0.259 e. The summed E-state index contributed by atoms with van der Waals surface area (Å²) in [6, 6.07) is 9.80. The highest BCUT2D eigenvalue weighted by atomic mass is 35.5. The van der Waals surface area contributed by atoms with E-state index < -0.39 is 5.54 Å². The molecular weight excluding hydrogens is 360 g/mol. The number of nitriles is 1. The molecule has 8 heteroatoms. The second-order valence-corrected chi connectivity index (χ2v) is 6.74. The summed E-state index contributed by atoms with van der Waals surface area (Å²) in [5.41, 5.74) is 0.219. The normalized spacial score (nSPS) is 16.2. The first kappa shape index (κ1) is 17.1. The summed E-state index contributed by atoms with van der Waals surface area (Å²) in [7, 11) is 0. The van der Waals surface area contributed by atoms with E-state index in [1.54, 1.807) is 30.9 Å². The van der Waals surface area contributed by atoms with Crippen molar-refractivity contribution < 1.29 is 9.90 Å². The Kier molecular flexibility index (Phi) is 4.11. The van der Waals surface area contributed by atoms with E-state index in [0.29, 0.717) is 11.4 Å². The average molecular weight is 373 g/mol. The van der Waals surface area contributed by atoms with Gasteiger partial charge in [-0.15, -0.1) is 0 Å². The number of aromatic nitrogens is 1. The number of phenols is 1. The number of benzene rings is 1. The van der Waals surface area contributed by atoms with Crippen LogP contribution >= 0.6 is 23.8 Å². The van der Waals surface area contributed by atoms with E-state index in [2.05, 4.69) is 4.98 Å². The van der Waals surface area contributed by atoms with Crippen LogP contribution in [0.5, 0.6) is 5.75 Å². The summed E-state index contributed by atoms with van der Waals surface area (Å²) in [5, 5.41) is 18.8. The van der Waals surface area contributed by atoms with Crippen molar-refractivity contribution in [1.29, 1.82) is 5.26 Å². The van der Waals surface area contributed by atoms with Gasteiger partial charge in [0.15, 0.2) is 10.8 Å². The maximum absolute atomic E-state index is 13.0. The van der Waals surface area contributed by atoms with Gasteiger partial charge in [0.05, 0.1) is 16.9 Å². The van der Waals surface area contributed by atoms with Gasteiger partial charge in [-0.05, 0) is 56.4 Å². The van der Waals surface area contributed by atoms with Crippen LogP contribution in [0.4, 0.5) is 11.4 Å². The summed E-state index contributed by atoms with van der Waals surface area (Å²) in [4.78, 5) is 20.0. The molecule has 1 aromatic heterocycles. The quantitative estimate of drug-likeness (QED) is 0.815. The molecule has 1 amide bonds. The zero-order valence-electron chi connectivity index (χ0n) is 13.4. The Bertz CT molecular complexity index is 921. The van der Waals surface area contributed by atoms with Crippen molar-refractivity contribution in [3.63, 3.8) is 0 Å². The van der Waals surface area contributed by atoms with Crippen LogP contribution in [0.1, 0.15) is 19.5 Å². The number of rotatable bonds is 2. The van der Waals surface area contributed by atoms with Crippen molar-refractivity contribution in [2.45, 2.75) is 19.4 Å². The Morgan fingerprint density at radius 3 is 2.48 bits per heavy atom. The lowest BCUT2D eigenvalue weighted by Gasteiger charge is -2.29. The third-order valence-corrected chi connectivity index (χ3v) is 4.62. The van der Waals surface area contributed by atoms with E-state index in [-0.39, 0.29) is 27.5 Å². The van der Waals surface area contributed by atoms with Gasteiger partial charge in [0.2, 0.25) is 0 Å². The Balaban J connectivity index is 2.07. The van der Waals surface area contributed by atoms with Gasteiger partial charge in [-0.25, -0.2) is 4.98 Å². The van der Waals surface area contributed by atoms with Crippen molar-refractivity contribution in [2.24, 2.45) is 0 Å². The minimum Gasteiger partial charge on any atom is -0.508 e. The van der Waals surface area contributed by atoms with E-state index in [4.69, 9.17) is 29.1 Å². The fourth-order valence-corrected chi connectivity index (χ4v) is 3.41. The third-order valence-electron chi connectivity index (χ3n) is 3.97. The van der Waals surface area contributed by atoms with E-state index in [1.807, 2.05) is 6.07 Å². The molecule has 1 aliphatic rings. The Morgan fingerprint density at radius 1 is 1.28 bits per heavy atom. The topological polar surface area (TPSA) is 80.5 Å². The molecule has 6 nitrogen and oxygen atoms in total. The molecule has 25 heavy (non-hydrogen) atoms. The van der Waals surface area contributed by atoms with Crippen LogP contribution in [0.15, 0.2) is 36.5 Å². The number of aromatic hydroxyl groups is 1. The van der Waals surface area contributed by atoms with Gasteiger partial charge < -0.3 is 10.0 Å². The molecule has 3 rings (SSSR count). The standard InChI is InChI=1S/C17H13ClN4O2S/c1-17(2)15(24)21(11-7-13(18)14(8-19)20-9-11)16(25)22(17)10-3-5-12(23)6-4-10/h3-7,9,23H,1-2H3. The van der Waals surface area contributed by atoms with Crippen LogP contribution in [-0.2, 0) is 4.79 Å². The molecular formula is C17H13ClN4O2S. The molecule has 0 bridgehead atoms. The van der Waals surface area contributed by atoms with Crippen LogP contribution < -0.4 is 9.80 Å². The number of thiocarbonyl (C=S) groups is 1. The summed E-state index contributed by atoms with van der Waals surface area (Å²) in [5.74, 6) is -0.119. The first-order valence-corrected chi connectivity index (χ1v) is 8.09. The lowest BCUT2D eigenvalue weighted by Crippen LogP contribution is -2.44. The Morgan fingerprint density at radius 2 is 1.92 bits per heavy atom. The molecule has 1 N–H and O–H groups in total. The van der Waals surface area contributed by atoms with E-state index >= 15 is 0 Å². The number of halogens is 1. The van der Waals surface area contributed by atoms with Gasteiger partial charge >= 0.3 is 0 Å². The van der Waals surface area contributed by atoms with Gasteiger partial charge in [0.25, 0.3) is 5.91 Å². The number of carbonyl (C=O) groups excluding carboxylic acids is 1. The molecule has 1 aliphatic heterocycles. The van der Waals surface area contributed by atoms with E-state index in [0.717, 1.165) is 0 Å². The fourth-order valence-electron chi connectivity index (χ4n) is 2.69. The predicted octanol–water partition coefficient (Wildman–Crippen LogP) is 3.23. The number of phenolic OH excluding ortho intramolecular Hbond substituents is 1. The molecule has 0 saturated carbocycles. The first-order valence-electron chi connectivity index (χ1n) is 7.31. The number of anilines is 2. The van der Waals surface area contributed by atoms with Crippen molar-refractivity contribution >= 4 is 46.2 Å². The second-order valence-electron chi connectivity index (χ2n) is 5.97. The number of nitrogens with zero attached hydrogens (tertiary/aromatic N) is 4. The smallest absolute Gasteiger partial charge is 0.259 e. The van der Waals surface area contributed by atoms with E-state index in [9.17, 15) is 9.90 Å². The molecule has 0 unspecified atom stereocenters. The van der Waals surface area contributed by atoms with Gasteiger partial charge in [0, 0.05) is 5.69 Å². The number of pyridine rings is 1. The summed E-state index contributed by atoms with van der Waals surface area (Å²) >= 11 is 11.6. The minimum atomic E-state index is -0.936. The van der Waals surface area contributed by atoms with Crippen LogP contribution in [0.25, 0.3) is 0 Å². The summed E-state index contributed by atoms with van der Waals surface area (Å²) < 4.78 is 0. The van der Waals surface area contributed by atoms with Crippen molar-refractivity contribution in [3.05, 3.63) is 47.2 Å². The molecule has 0 spiro atoms. The van der Waals surface area contributed by atoms with Crippen molar-refractivity contribution in [2.75, 3.05) is 9.80 Å². The van der Waals surface area contributed by atoms with Crippen LogP contribution in [0, 0.1) is 11.3 Å². The third kappa shape index (κ3) is 2.69. The zero-order valence-corrected chi connectivity index (χ0v) is 15.0. The number of amides is 1. The largest absolute Gasteiger partial charge is 0.508 e. The molecule has 1 saturated heterocycles. The number of hydrogen-bond donors (Lipinski definition) is 1. The predicted molar refractivity (Wildman–Crippen MR) is 98.7 cm³/mol. The molecule has 0 radical (unpaired) electrons. The van der Waals surface area contributed by atoms with Gasteiger partial charge in [-0.2, -0.15) is 5.26 Å². The molecule has 2 heterocycles. The van der Waals surface area contributed by atoms with Gasteiger partial charge in [0.1, 0.15) is 17.4 Å². The molecule has 126 valence electrons. The maximum atomic E-state index is 13.0. The minimum absolute atomic E-state index is 0.0811. The highest BCUT2D eigenvalue weighted by Gasteiger charge is 2.50. The fraction of sp³-hybridized carbons (Fsp3) is 0.176. The molecule has 2 aromatic rings. The van der Waals surface area contributed by atoms with Crippen LogP contribution in [0.3, 0.4) is 0 Å². The lowest BCUT2D eigenvalue weighted by molar-refractivity contribution is -0.120.